The number of guanidine groups is 1. The number of nitrogens with zero attached hydrogens (tertiary/aromatic N) is 5. The fraction of sp³-hybridized carbons (Fsp3) is 0.455. The third kappa shape index (κ3) is 4.28. The van der Waals surface area contributed by atoms with Crippen molar-refractivity contribution in [3.05, 3.63) is 59.3 Å². The molecular formula is C22H30N6. The zero-order valence-electron chi connectivity index (χ0n) is 16.9. The van der Waals surface area contributed by atoms with Crippen LogP contribution in [0.5, 0.6) is 0 Å². The number of fused-ring (bicyclic) bond motifs is 1. The van der Waals surface area contributed by atoms with Gasteiger partial charge in [-0.3, -0.25) is 4.99 Å². The van der Waals surface area contributed by atoms with Crippen molar-refractivity contribution in [3.8, 4) is 0 Å². The predicted octanol–water partition coefficient (Wildman–Crippen LogP) is 1.97. The minimum absolute atomic E-state index is 0.758. The van der Waals surface area contributed by atoms with Gasteiger partial charge in [-0.25, -0.2) is 4.98 Å². The summed E-state index contributed by atoms with van der Waals surface area (Å²) in [7, 11) is 4.04. The number of pyridine rings is 1. The smallest absolute Gasteiger partial charge is 0.194 e. The third-order valence-electron chi connectivity index (χ3n) is 5.73. The Morgan fingerprint density at radius 2 is 1.86 bits per heavy atom. The number of hydrogen-bond acceptors (Lipinski definition) is 4. The lowest BCUT2D eigenvalue weighted by molar-refractivity contribution is 0.312. The van der Waals surface area contributed by atoms with Gasteiger partial charge in [0.1, 0.15) is 5.82 Å². The van der Waals surface area contributed by atoms with Gasteiger partial charge in [0.2, 0.25) is 0 Å². The second-order valence-corrected chi connectivity index (χ2v) is 7.65. The number of aliphatic imine (C=N–C) groups is 1. The van der Waals surface area contributed by atoms with E-state index < -0.39 is 0 Å². The molecule has 6 nitrogen and oxygen atoms in total. The molecule has 0 amide bonds. The van der Waals surface area contributed by atoms with Crippen molar-refractivity contribution in [2.24, 2.45) is 4.99 Å². The van der Waals surface area contributed by atoms with Gasteiger partial charge in [-0.15, -0.1) is 0 Å². The molecule has 6 heteroatoms. The number of nitrogens with one attached hydrogen (secondary N) is 1. The number of piperazine rings is 1. The molecule has 2 aromatic rings. The maximum Gasteiger partial charge on any atom is 0.194 e. The summed E-state index contributed by atoms with van der Waals surface area (Å²) in [4.78, 5) is 16.2. The second-order valence-electron chi connectivity index (χ2n) is 7.65. The number of anilines is 1. The molecule has 1 N–H and O–H groups in total. The van der Waals surface area contributed by atoms with Crippen molar-refractivity contribution >= 4 is 11.8 Å². The molecule has 1 saturated heterocycles. The first-order valence-electron chi connectivity index (χ1n) is 10.1. The highest BCUT2D eigenvalue weighted by Gasteiger charge is 2.19. The van der Waals surface area contributed by atoms with Crippen LogP contribution >= 0.6 is 0 Å². The predicted molar refractivity (Wildman–Crippen MR) is 115 cm³/mol. The van der Waals surface area contributed by atoms with Crippen LogP contribution in [-0.2, 0) is 19.5 Å². The van der Waals surface area contributed by atoms with Gasteiger partial charge in [0, 0.05) is 59.1 Å². The highest BCUT2D eigenvalue weighted by molar-refractivity contribution is 5.80. The van der Waals surface area contributed by atoms with E-state index in [1.54, 1.807) is 0 Å². The Labute approximate surface area is 167 Å². The summed E-state index contributed by atoms with van der Waals surface area (Å²) in [5.41, 5.74) is 4.10. The average Bonchev–Trinajstić information content (AvgIpc) is 2.75. The van der Waals surface area contributed by atoms with Crippen LogP contribution in [0.15, 0.2) is 47.6 Å². The van der Waals surface area contributed by atoms with Crippen LogP contribution in [0.2, 0.25) is 0 Å². The van der Waals surface area contributed by atoms with Crippen molar-refractivity contribution in [2.75, 3.05) is 51.7 Å². The van der Waals surface area contributed by atoms with Gasteiger partial charge < -0.3 is 20.0 Å². The first kappa shape index (κ1) is 18.7. The number of rotatable bonds is 3. The molecule has 3 heterocycles. The van der Waals surface area contributed by atoms with E-state index in [0.717, 1.165) is 64.0 Å². The topological polar surface area (TPSA) is 47.0 Å². The molecule has 0 bridgehead atoms. The molecule has 2 aliphatic heterocycles. The molecular weight excluding hydrogens is 348 g/mol. The normalized spacial score (nSPS) is 18.1. The Morgan fingerprint density at radius 1 is 1.07 bits per heavy atom. The summed E-state index contributed by atoms with van der Waals surface area (Å²) in [6, 6.07) is 13.0. The molecule has 0 atom stereocenters. The van der Waals surface area contributed by atoms with Crippen molar-refractivity contribution in [2.45, 2.75) is 19.5 Å². The number of hydrogen-bond donors (Lipinski definition) is 1. The SMILES string of the molecule is CN=C(NCc1ccnc(N2CCN(C)CC2)c1)N1CCc2ccccc2C1. The monoisotopic (exact) mass is 378 g/mol. The van der Waals surface area contributed by atoms with Crippen LogP contribution < -0.4 is 10.2 Å². The molecule has 0 aliphatic carbocycles. The molecule has 148 valence electrons. The van der Waals surface area contributed by atoms with Gasteiger partial charge in [0.15, 0.2) is 5.96 Å². The minimum Gasteiger partial charge on any atom is -0.354 e. The lowest BCUT2D eigenvalue weighted by atomic mass is 10.0. The Kier molecular flexibility index (Phi) is 5.76. The molecule has 1 aromatic carbocycles. The van der Waals surface area contributed by atoms with Crippen molar-refractivity contribution < 1.29 is 0 Å². The Bertz CT molecular complexity index is 825. The van der Waals surface area contributed by atoms with E-state index in [0.29, 0.717) is 0 Å². The first-order valence-corrected chi connectivity index (χ1v) is 10.1. The first-order chi connectivity index (χ1) is 13.7. The second kappa shape index (κ2) is 8.61. The zero-order valence-corrected chi connectivity index (χ0v) is 16.9. The molecule has 1 aromatic heterocycles. The van der Waals surface area contributed by atoms with Crippen molar-refractivity contribution in [1.29, 1.82) is 0 Å². The van der Waals surface area contributed by atoms with Gasteiger partial charge in [-0.1, -0.05) is 24.3 Å². The van der Waals surface area contributed by atoms with E-state index in [1.165, 1.54) is 16.7 Å². The molecule has 1 fully saturated rings. The molecule has 2 aliphatic rings. The number of benzene rings is 1. The molecule has 0 unspecified atom stereocenters. The van der Waals surface area contributed by atoms with E-state index in [2.05, 4.69) is 73.4 Å². The van der Waals surface area contributed by atoms with Gasteiger partial charge >= 0.3 is 0 Å². The fourth-order valence-corrected chi connectivity index (χ4v) is 3.97. The maximum atomic E-state index is 4.59. The van der Waals surface area contributed by atoms with E-state index in [1.807, 2.05) is 13.2 Å². The van der Waals surface area contributed by atoms with Gasteiger partial charge in [-0.05, 0) is 42.3 Å². The third-order valence-corrected chi connectivity index (χ3v) is 5.73. The summed E-state index contributed by atoms with van der Waals surface area (Å²) >= 11 is 0. The van der Waals surface area contributed by atoms with Gasteiger partial charge in [-0.2, -0.15) is 0 Å². The van der Waals surface area contributed by atoms with Crippen LogP contribution in [0.1, 0.15) is 16.7 Å². The zero-order chi connectivity index (χ0) is 19.3. The van der Waals surface area contributed by atoms with E-state index in [-0.39, 0.29) is 0 Å². The van der Waals surface area contributed by atoms with Crippen LogP contribution in [-0.4, -0.2) is 67.6 Å². The number of aromatic nitrogens is 1. The van der Waals surface area contributed by atoms with E-state index in [9.17, 15) is 0 Å². The van der Waals surface area contributed by atoms with E-state index in [4.69, 9.17) is 0 Å². The lowest BCUT2D eigenvalue weighted by Gasteiger charge is -2.33. The van der Waals surface area contributed by atoms with Crippen molar-refractivity contribution in [1.82, 2.24) is 20.1 Å². The largest absolute Gasteiger partial charge is 0.354 e. The molecule has 0 saturated carbocycles. The standard InChI is InChI=1S/C22H30N6/c1-23-22(28-10-8-19-5-3-4-6-20(19)17-28)25-16-18-7-9-24-21(15-18)27-13-11-26(2)12-14-27/h3-7,9,15H,8,10-14,16-17H2,1-2H3,(H,23,25). The molecule has 28 heavy (non-hydrogen) atoms. The van der Waals surface area contributed by atoms with Gasteiger partial charge in [0.25, 0.3) is 0 Å². The Balaban J connectivity index is 1.38. The Morgan fingerprint density at radius 3 is 2.64 bits per heavy atom. The lowest BCUT2D eigenvalue weighted by Crippen LogP contribution is -2.45. The molecule has 4 rings (SSSR count). The highest BCUT2D eigenvalue weighted by Crippen LogP contribution is 2.19. The molecule has 0 radical (unpaired) electrons. The van der Waals surface area contributed by atoms with E-state index >= 15 is 0 Å². The summed E-state index contributed by atoms with van der Waals surface area (Å²) in [6.07, 6.45) is 2.99. The van der Waals surface area contributed by atoms with Crippen LogP contribution in [0.25, 0.3) is 0 Å². The van der Waals surface area contributed by atoms with Crippen LogP contribution in [0.3, 0.4) is 0 Å². The fourth-order valence-electron chi connectivity index (χ4n) is 3.97. The molecule has 0 spiro atoms. The minimum atomic E-state index is 0.758. The maximum absolute atomic E-state index is 4.59. The van der Waals surface area contributed by atoms with Crippen LogP contribution in [0.4, 0.5) is 5.82 Å². The number of likely N-dealkylation sites (N-methyl/N-ethyl adjacent to an activating group) is 1. The highest BCUT2D eigenvalue weighted by atomic mass is 15.3. The summed E-state index contributed by atoms with van der Waals surface area (Å²) in [5.74, 6) is 2.04. The summed E-state index contributed by atoms with van der Waals surface area (Å²) in [5, 5.41) is 3.54. The van der Waals surface area contributed by atoms with Crippen molar-refractivity contribution in [3.63, 3.8) is 0 Å². The Hall–Kier alpha value is -2.60. The van der Waals surface area contributed by atoms with Crippen LogP contribution in [0, 0.1) is 0 Å². The summed E-state index contributed by atoms with van der Waals surface area (Å²) < 4.78 is 0. The summed E-state index contributed by atoms with van der Waals surface area (Å²) in [6.45, 7) is 6.93. The quantitative estimate of drug-likeness (QED) is 0.654. The average molecular weight is 379 g/mol. The van der Waals surface area contributed by atoms with Gasteiger partial charge in [0.05, 0.1) is 0 Å².